The van der Waals surface area contributed by atoms with Gasteiger partial charge >= 0.3 is 6.18 Å². The average Bonchev–Trinajstić information content (AvgIpc) is 3.44. The third-order valence-electron chi connectivity index (χ3n) is 5.63. The van der Waals surface area contributed by atoms with Crippen molar-refractivity contribution in [1.29, 1.82) is 0 Å². The Bertz CT molecular complexity index is 1450. The summed E-state index contributed by atoms with van der Waals surface area (Å²) in [7, 11) is 0. The number of carbonyl (C=O) groups excluding carboxylic acids is 2. The highest BCUT2D eigenvalue weighted by atomic mass is 19.4. The molecule has 4 N–H and O–H groups in total. The zero-order chi connectivity index (χ0) is 24.7. The van der Waals surface area contributed by atoms with Crippen molar-refractivity contribution in [2.45, 2.75) is 18.6 Å². The fourth-order valence-corrected chi connectivity index (χ4v) is 3.86. The molecule has 0 saturated carbocycles. The van der Waals surface area contributed by atoms with Crippen molar-refractivity contribution in [3.63, 3.8) is 0 Å². The van der Waals surface area contributed by atoms with Gasteiger partial charge in [-0.25, -0.2) is 15.0 Å². The molecule has 1 aliphatic heterocycles. The number of amides is 2. The van der Waals surface area contributed by atoms with Crippen LogP contribution >= 0.6 is 0 Å². The highest BCUT2D eigenvalue weighted by molar-refractivity contribution is 5.93. The third-order valence-corrected chi connectivity index (χ3v) is 5.63. The van der Waals surface area contributed by atoms with E-state index >= 15 is 0 Å². The standard InChI is InChI=1S/C23H18F3N7O2/c24-23(25,26)13-2-4-14(5-3-13)33-11-29-16-9-12(1-6-18(16)33)21-31-17(20(27)34)10-19(32-21)30-15-7-8-28-22(15)35/h1-6,9-11,15H,7-8H2,(H2,27,34)(H,28,35)(H,30,31,32). The van der Waals surface area contributed by atoms with E-state index in [1.165, 1.54) is 24.5 Å². The van der Waals surface area contributed by atoms with Crippen LogP contribution in [0.15, 0.2) is 54.9 Å². The van der Waals surface area contributed by atoms with Crippen LogP contribution in [0.4, 0.5) is 19.0 Å². The molecule has 0 radical (unpaired) electrons. The number of anilines is 1. The van der Waals surface area contributed by atoms with Gasteiger partial charge in [-0.3, -0.25) is 14.2 Å². The molecule has 5 rings (SSSR count). The molecular weight excluding hydrogens is 463 g/mol. The Morgan fingerprint density at radius 1 is 1.11 bits per heavy atom. The molecule has 0 bridgehead atoms. The van der Waals surface area contributed by atoms with Crippen molar-refractivity contribution in [2.75, 3.05) is 11.9 Å². The summed E-state index contributed by atoms with van der Waals surface area (Å²) in [4.78, 5) is 36.8. The number of nitrogens with one attached hydrogen (secondary N) is 2. The highest BCUT2D eigenvalue weighted by Crippen LogP contribution is 2.30. The van der Waals surface area contributed by atoms with E-state index < -0.39 is 23.7 Å². The lowest BCUT2D eigenvalue weighted by molar-refractivity contribution is -0.137. The number of hydrogen-bond acceptors (Lipinski definition) is 6. The number of carbonyl (C=O) groups is 2. The molecule has 35 heavy (non-hydrogen) atoms. The van der Waals surface area contributed by atoms with E-state index in [1.807, 2.05) is 0 Å². The molecule has 12 heteroatoms. The second kappa shape index (κ2) is 8.38. The minimum atomic E-state index is -4.42. The summed E-state index contributed by atoms with van der Waals surface area (Å²) in [6.07, 6.45) is -2.35. The Kier molecular flexibility index (Phi) is 5.35. The van der Waals surface area contributed by atoms with E-state index in [2.05, 4.69) is 25.6 Å². The molecule has 1 atom stereocenters. The maximum atomic E-state index is 12.9. The topological polar surface area (TPSA) is 128 Å². The molecule has 0 spiro atoms. The van der Waals surface area contributed by atoms with Crippen LogP contribution in [0, 0.1) is 0 Å². The number of fused-ring (bicyclic) bond motifs is 1. The van der Waals surface area contributed by atoms with Crippen LogP contribution in [0.3, 0.4) is 0 Å². The first kappa shape index (κ1) is 22.3. The van der Waals surface area contributed by atoms with E-state index in [9.17, 15) is 22.8 Å². The molecule has 1 fully saturated rings. The summed E-state index contributed by atoms with van der Waals surface area (Å²) in [5.74, 6) is -0.435. The predicted molar refractivity (Wildman–Crippen MR) is 121 cm³/mol. The zero-order valence-electron chi connectivity index (χ0n) is 18.0. The number of alkyl halides is 3. The predicted octanol–water partition coefficient (Wildman–Crippen LogP) is 2.90. The molecule has 4 aromatic rings. The van der Waals surface area contributed by atoms with Crippen molar-refractivity contribution in [3.05, 3.63) is 66.1 Å². The minimum Gasteiger partial charge on any atom is -0.364 e. The Labute approximate surface area is 196 Å². The van der Waals surface area contributed by atoms with Crippen LogP contribution in [0.25, 0.3) is 28.1 Å². The van der Waals surface area contributed by atoms with Gasteiger partial charge in [0.05, 0.1) is 16.6 Å². The number of rotatable bonds is 5. The first-order valence-electron chi connectivity index (χ1n) is 10.6. The summed E-state index contributed by atoms with van der Waals surface area (Å²) in [6.45, 7) is 0.537. The number of imidazole rings is 1. The van der Waals surface area contributed by atoms with Gasteiger partial charge in [0.1, 0.15) is 23.9 Å². The van der Waals surface area contributed by atoms with Crippen molar-refractivity contribution in [2.24, 2.45) is 5.73 Å². The van der Waals surface area contributed by atoms with Crippen LogP contribution in [0.1, 0.15) is 22.5 Å². The second-order valence-electron chi connectivity index (χ2n) is 7.97. The molecule has 9 nitrogen and oxygen atoms in total. The van der Waals surface area contributed by atoms with Crippen LogP contribution in [0.5, 0.6) is 0 Å². The normalized spacial score (nSPS) is 15.9. The maximum absolute atomic E-state index is 12.9. The molecule has 2 amide bonds. The monoisotopic (exact) mass is 481 g/mol. The van der Waals surface area contributed by atoms with Gasteiger partial charge in [-0.15, -0.1) is 0 Å². The summed E-state index contributed by atoms with van der Waals surface area (Å²) in [5.41, 5.74) is 6.93. The summed E-state index contributed by atoms with van der Waals surface area (Å²) in [6, 6.07) is 10.8. The molecule has 178 valence electrons. The average molecular weight is 481 g/mol. The fourth-order valence-electron chi connectivity index (χ4n) is 3.86. The van der Waals surface area contributed by atoms with E-state index in [-0.39, 0.29) is 23.2 Å². The maximum Gasteiger partial charge on any atom is 0.416 e. The number of nitrogens with two attached hydrogens (primary N) is 1. The Morgan fingerprint density at radius 3 is 2.54 bits per heavy atom. The lowest BCUT2D eigenvalue weighted by Gasteiger charge is -2.12. The lowest BCUT2D eigenvalue weighted by Crippen LogP contribution is -2.30. The van der Waals surface area contributed by atoms with E-state index in [1.54, 1.807) is 22.8 Å². The third kappa shape index (κ3) is 4.37. The number of aromatic nitrogens is 4. The van der Waals surface area contributed by atoms with Crippen molar-refractivity contribution >= 4 is 28.7 Å². The van der Waals surface area contributed by atoms with Crippen LogP contribution < -0.4 is 16.4 Å². The van der Waals surface area contributed by atoms with Crippen LogP contribution in [0.2, 0.25) is 0 Å². The van der Waals surface area contributed by atoms with E-state index in [0.717, 1.165) is 12.1 Å². The molecular formula is C23H18F3N7O2. The van der Waals surface area contributed by atoms with Crippen molar-refractivity contribution in [1.82, 2.24) is 24.8 Å². The molecule has 0 aliphatic carbocycles. The summed E-state index contributed by atoms with van der Waals surface area (Å²) < 4.78 is 40.3. The molecule has 1 unspecified atom stereocenters. The second-order valence-corrected chi connectivity index (χ2v) is 7.97. The molecule has 2 aromatic carbocycles. The van der Waals surface area contributed by atoms with Crippen LogP contribution in [-0.2, 0) is 11.0 Å². The first-order valence-corrected chi connectivity index (χ1v) is 10.6. The molecule has 1 aliphatic rings. The number of nitrogens with zero attached hydrogens (tertiary/aromatic N) is 4. The lowest BCUT2D eigenvalue weighted by atomic mass is 10.1. The van der Waals surface area contributed by atoms with Gasteiger partial charge in [-0.2, -0.15) is 13.2 Å². The summed E-state index contributed by atoms with van der Waals surface area (Å²) >= 11 is 0. The van der Waals surface area contributed by atoms with Gasteiger partial charge in [0, 0.05) is 23.9 Å². The van der Waals surface area contributed by atoms with Crippen molar-refractivity contribution in [3.8, 4) is 17.1 Å². The van der Waals surface area contributed by atoms with E-state index in [4.69, 9.17) is 5.73 Å². The number of hydrogen-bond donors (Lipinski definition) is 3. The Balaban J connectivity index is 1.49. The van der Waals surface area contributed by atoms with Gasteiger partial charge < -0.3 is 16.4 Å². The number of primary amides is 1. The van der Waals surface area contributed by atoms with Gasteiger partial charge in [-0.1, -0.05) is 0 Å². The SMILES string of the molecule is NC(=O)c1cc(NC2CCNC2=O)nc(-c2ccc3c(c2)ncn3-c2ccc(C(F)(F)F)cc2)n1. The molecule has 1 saturated heterocycles. The van der Waals surface area contributed by atoms with Gasteiger partial charge in [-0.05, 0) is 48.9 Å². The fraction of sp³-hybridized carbons (Fsp3) is 0.174. The van der Waals surface area contributed by atoms with Gasteiger partial charge in [0.2, 0.25) is 5.91 Å². The van der Waals surface area contributed by atoms with Gasteiger partial charge in [0.25, 0.3) is 5.91 Å². The Hall–Kier alpha value is -4.48. The molecule has 3 heterocycles. The van der Waals surface area contributed by atoms with Crippen molar-refractivity contribution < 1.29 is 22.8 Å². The first-order chi connectivity index (χ1) is 16.7. The zero-order valence-corrected chi connectivity index (χ0v) is 18.0. The van der Waals surface area contributed by atoms with E-state index in [0.29, 0.717) is 35.2 Å². The number of benzene rings is 2. The van der Waals surface area contributed by atoms with Gasteiger partial charge in [0.15, 0.2) is 5.82 Å². The Morgan fingerprint density at radius 2 is 1.89 bits per heavy atom. The highest BCUT2D eigenvalue weighted by Gasteiger charge is 2.30. The largest absolute Gasteiger partial charge is 0.416 e. The van der Waals surface area contributed by atoms with Crippen LogP contribution in [-0.4, -0.2) is 43.9 Å². The molecule has 2 aromatic heterocycles. The smallest absolute Gasteiger partial charge is 0.364 e. The summed E-state index contributed by atoms with van der Waals surface area (Å²) in [5, 5.41) is 5.72. The quantitative estimate of drug-likeness (QED) is 0.402. The minimum absolute atomic E-state index is 0.0220. The number of halogens is 3.